The molecule has 3 unspecified atom stereocenters. The van der Waals surface area contributed by atoms with Crippen molar-refractivity contribution in [3.8, 4) is 0 Å². The summed E-state index contributed by atoms with van der Waals surface area (Å²) in [6.45, 7) is 5.15. The van der Waals surface area contributed by atoms with Gasteiger partial charge in [-0.25, -0.2) is 8.42 Å². The minimum absolute atomic E-state index is 0.256. The van der Waals surface area contributed by atoms with E-state index in [2.05, 4.69) is 19.2 Å². The summed E-state index contributed by atoms with van der Waals surface area (Å²) in [6, 6.07) is 0.517. The van der Waals surface area contributed by atoms with Crippen molar-refractivity contribution in [3.05, 3.63) is 0 Å². The van der Waals surface area contributed by atoms with Crippen molar-refractivity contribution < 1.29 is 8.42 Å². The Morgan fingerprint density at radius 3 is 2.47 bits per heavy atom. The lowest BCUT2D eigenvalue weighted by atomic mass is 9.80. The molecule has 1 N–H and O–H groups in total. The predicted molar refractivity (Wildman–Crippen MR) is 63.7 cm³/mol. The van der Waals surface area contributed by atoms with Gasteiger partial charge < -0.3 is 5.32 Å². The molecular weight excluding hydrogens is 210 g/mol. The van der Waals surface area contributed by atoms with Gasteiger partial charge in [-0.05, 0) is 31.1 Å². The highest BCUT2D eigenvalue weighted by Gasteiger charge is 2.24. The molecular formula is C11H23NO2S. The average Bonchev–Trinajstić information content (AvgIpc) is 2.07. The van der Waals surface area contributed by atoms with Gasteiger partial charge in [0.05, 0.1) is 5.75 Å². The lowest BCUT2D eigenvalue weighted by Gasteiger charge is -2.33. The Hall–Kier alpha value is -0.0900. The summed E-state index contributed by atoms with van der Waals surface area (Å²) >= 11 is 0. The second kappa shape index (κ2) is 5.30. The van der Waals surface area contributed by atoms with Gasteiger partial charge in [-0.15, -0.1) is 0 Å². The fraction of sp³-hybridized carbons (Fsp3) is 1.00. The summed E-state index contributed by atoms with van der Waals surface area (Å²) in [4.78, 5) is 0. The molecule has 1 fully saturated rings. The van der Waals surface area contributed by atoms with E-state index in [1.807, 2.05) is 0 Å². The molecule has 4 heteroatoms. The molecule has 1 aliphatic carbocycles. The normalized spacial score (nSPS) is 32.9. The number of hydrogen-bond donors (Lipinski definition) is 1. The van der Waals surface area contributed by atoms with Crippen molar-refractivity contribution >= 4 is 9.84 Å². The van der Waals surface area contributed by atoms with Crippen LogP contribution in [0.25, 0.3) is 0 Å². The van der Waals surface area contributed by atoms with Gasteiger partial charge in [0, 0.05) is 18.8 Å². The molecule has 0 aromatic carbocycles. The van der Waals surface area contributed by atoms with E-state index in [1.54, 1.807) is 0 Å². The van der Waals surface area contributed by atoms with Gasteiger partial charge in [0.1, 0.15) is 9.84 Å². The fourth-order valence-electron chi connectivity index (χ4n) is 2.40. The molecule has 0 aromatic rings. The number of sulfone groups is 1. The van der Waals surface area contributed by atoms with E-state index in [0.717, 1.165) is 5.92 Å². The first-order valence-corrected chi connectivity index (χ1v) is 7.85. The molecule has 3 atom stereocenters. The first-order chi connectivity index (χ1) is 6.88. The van der Waals surface area contributed by atoms with Crippen molar-refractivity contribution in [2.45, 2.75) is 39.2 Å². The maximum absolute atomic E-state index is 11.0. The van der Waals surface area contributed by atoms with Crippen LogP contribution in [0.15, 0.2) is 0 Å². The second-order valence-electron chi connectivity index (χ2n) is 5.09. The summed E-state index contributed by atoms with van der Waals surface area (Å²) in [7, 11) is -2.82. The van der Waals surface area contributed by atoms with E-state index in [0.29, 0.717) is 18.5 Å². The number of nitrogens with one attached hydrogen (secondary N) is 1. The first-order valence-electron chi connectivity index (χ1n) is 5.79. The van der Waals surface area contributed by atoms with Gasteiger partial charge in [-0.1, -0.05) is 13.8 Å². The van der Waals surface area contributed by atoms with Crippen molar-refractivity contribution in [2.75, 3.05) is 18.6 Å². The third-order valence-electron chi connectivity index (χ3n) is 3.31. The summed E-state index contributed by atoms with van der Waals surface area (Å²) in [5.41, 5.74) is 0. The molecule has 0 aromatic heterocycles. The van der Waals surface area contributed by atoms with Crippen LogP contribution in [-0.2, 0) is 9.84 Å². The Labute approximate surface area is 93.6 Å². The zero-order valence-corrected chi connectivity index (χ0v) is 10.8. The Morgan fingerprint density at radius 1 is 1.27 bits per heavy atom. The Bertz CT molecular complexity index is 287. The van der Waals surface area contributed by atoms with Crippen LogP contribution in [0.5, 0.6) is 0 Å². The predicted octanol–water partition coefficient (Wildman–Crippen LogP) is 1.45. The zero-order valence-electron chi connectivity index (χ0n) is 9.99. The zero-order chi connectivity index (χ0) is 11.5. The van der Waals surface area contributed by atoms with Crippen molar-refractivity contribution in [2.24, 2.45) is 11.8 Å². The fourth-order valence-corrected chi connectivity index (χ4v) is 2.89. The maximum Gasteiger partial charge on any atom is 0.148 e. The van der Waals surface area contributed by atoms with E-state index in [9.17, 15) is 8.42 Å². The van der Waals surface area contributed by atoms with Crippen LogP contribution in [-0.4, -0.2) is 33.0 Å². The van der Waals surface area contributed by atoms with Crippen LogP contribution in [0.1, 0.15) is 33.1 Å². The molecule has 0 bridgehead atoms. The molecule has 90 valence electrons. The molecule has 0 saturated heterocycles. The smallest absolute Gasteiger partial charge is 0.148 e. The topological polar surface area (TPSA) is 46.2 Å². The summed E-state index contributed by atoms with van der Waals surface area (Å²) < 4.78 is 21.9. The molecule has 0 radical (unpaired) electrons. The van der Waals surface area contributed by atoms with Gasteiger partial charge in [-0.2, -0.15) is 0 Å². The molecule has 1 saturated carbocycles. The third-order valence-corrected chi connectivity index (χ3v) is 4.26. The molecule has 1 rings (SSSR count). The van der Waals surface area contributed by atoms with Crippen molar-refractivity contribution in [3.63, 3.8) is 0 Å². The Balaban J connectivity index is 2.27. The molecule has 0 amide bonds. The Morgan fingerprint density at radius 2 is 1.93 bits per heavy atom. The second-order valence-corrected chi connectivity index (χ2v) is 7.35. The first kappa shape index (κ1) is 13.0. The highest BCUT2D eigenvalue weighted by atomic mass is 32.2. The summed E-state index contributed by atoms with van der Waals surface area (Å²) in [5.74, 6) is 1.76. The van der Waals surface area contributed by atoms with E-state index in [4.69, 9.17) is 0 Å². The third kappa shape index (κ3) is 4.98. The van der Waals surface area contributed by atoms with E-state index < -0.39 is 9.84 Å². The minimum atomic E-state index is -2.82. The highest BCUT2D eigenvalue weighted by Crippen LogP contribution is 2.28. The van der Waals surface area contributed by atoms with Gasteiger partial charge in [0.15, 0.2) is 0 Å². The summed E-state index contributed by atoms with van der Waals surface area (Å²) in [6.07, 6.45) is 5.00. The molecule has 1 aliphatic rings. The van der Waals surface area contributed by atoms with Gasteiger partial charge in [-0.3, -0.25) is 0 Å². The molecule has 15 heavy (non-hydrogen) atoms. The summed E-state index contributed by atoms with van der Waals surface area (Å²) in [5, 5.41) is 3.37. The van der Waals surface area contributed by atoms with E-state index in [-0.39, 0.29) is 5.75 Å². The van der Waals surface area contributed by atoms with Gasteiger partial charge in [0.2, 0.25) is 0 Å². The average molecular weight is 233 g/mol. The molecule has 3 nitrogen and oxygen atoms in total. The maximum atomic E-state index is 11.0. The van der Waals surface area contributed by atoms with Crippen molar-refractivity contribution in [1.82, 2.24) is 5.32 Å². The lowest BCUT2D eigenvalue weighted by Crippen LogP contribution is -2.41. The van der Waals surface area contributed by atoms with Gasteiger partial charge >= 0.3 is 0 Å². The number of hydrogen-bond acceptors (Lipinski definition) is 3. The minimum Gasteiger partial charge on any atom is -0.313 e. The SMILES string of the molecule is CC1CCC(NCCS(C)(=O)=O)C(C)C1. The van der Waals surface area contributed by atoms with Crippen LogP contribution < -0.4 is 5.32 Å². The molecule has 0 spiro atoms. The van der Waals surface area contributed by atoms with Crippen LogP contribution in [0.2, 0.25) is 0 Å². The molecule has 0 heterocycles. The van der Waals surface area contributed by atoms with Crippen molar-refractivity contribution in [1.29, 1.82) is 0 Å². The van der Waals surface area contributed by atoms with E-state index >= 15 is 0 Å². The molecule has 0 aliphatic heterocycles. The van der Waals surface area contributed by atoms with Crippen LogP contribution in [0.4, 0.5) is 0 Å². The standard InChI is InChI=1S/C11H23NO2S/c1-9-4-5-11(10(2)8-9)12-6-7-15(3,13)14/h9-12H,4-8H2,1-3H3. The quantitative estimate of drug-likeness (QED) is 0.799. The van der Waals surface area contributed by atoms with Crippen LogP contribution in [0, 0.1) is 11.8 Å². The monoisotopic (exact) mass is 233 g/mol. The van der Waals surface area contributed by atoms with E-state index in [1.165, 1.54) is 25.5 Å². The highest BCUT2D eigenvalue weighted by molar-refractivity contribution is 7.90. The Kier molecular flexibility index (Phi) is 4.59. The number of rotatable bonds is 4. The van der Waals surface area contributed by atoms with Crippen LogP contribution >= 0.6 is 0 Å². The largest absolute Gasteiger partial charge is 0.313 e. The van der Waals surface area contributed by atoms with Gasteiger partial charge in [0.25, 0.3) is 0 Å². The lowest BCUT2D eigenvalue weighted by molar-refractivity contribution is 0.231. The van der Waals surface area contributed by atoms with Crippen LogP contribution in [0.3, 0.4) is 0 Å².